The van der Waals surface area contributed by atoms with Crippen molar-refractivity contribution >= 4 is 15.9 Å². The van der Waals surface area contributed by atoms with Crippen molar-refractivity contribution in [3.63, 3.8) is 0 Å². The molecule has 0 bridgehead atoms. The summed E-state index contributed by atoms with van der Waals surface area (Å²) in [4.78, 5) is 17.2. The second-order valence-corrected chi connectivity index (χ2v) is 9.41. The minimum Gasteiger partial charge on any atom is -0.497 e. The van der Waals surface area contributed by atoms with Crippen LogP contribution >= 0.6 is 0 Å². The van der Waals surface area contributed by atoms with Crippen LogP contribution in [0.5, 0.6) is 5.75 Å². The molecular weight excluding hydrogens is 432 g/mol. The third-order valence-electron chi connectivity index (χ3n) is 5.35. The highest BCUT2D eigenvalue weighted by Gasteiger charge is 2.33. The summed E-state index contributed by atoms with van der Waals surface area (Å²) in [7, 11) is -2.05. The van der Waals surface area contributed by atoms with Crippen molar-refractivity contribution in [1.29, 1.82) is 0 Å². The monoisotopic (exact) mass is 456 g/mol. The van der Waals surface area contributed by atoms with Gasteiger partial charge in [-0.2, -0.15) is 9.29 Å². The molecule has 0 radical (unpaired) electrons. The van der Waals surface area contributed by atoms with Crippen LogP contribution in [0.1, 0.15) is 18.7 Å². The Hall–Kier alpha value is -3.24. The van der Waals surface area contributed by atoms with E-state index in [1.54, 1.807) is 43.5 Å². The fraction of sp³-hybridized carbons (Fsp3) is 0.318. The van der Waals surface area contributed by atoms with Gasteiger partial charge in [0.25, 0.3) is 0 Å². The molecule has 0 aliphatic carbocycles. The largest absolute Gasteiger partial charge is 0.497 e. The molecular formula is C22H24N4O5S. The summed E-state index contributed by atoms with van der Waals surface area (Å²) in [5.41, 5.74) is 0.736. The Balaban J connectivity index is 1.37. The average Bonchev–Trinajstić information content (AvgIpc) is 3.32. The lowest BCUT2D eigenvalue weighted by molar-refractivity contribution is -0.126. The molecule has 32 heavy (non-hydrogen) atoms. The number of rotatable bonds is 7. The van der Waals surface area contributed by atoms with Gasteiger partial charge in [0.2, 0.25) is 27.6 Å². The summed E-state index contributed by atoms with van der Waals surface area (Å²) >= 11 is 0. The van der Waals surface area contributed by atoms with Crippen LogP contribution in [-0.4, -0.2) is 49.0 Å². The number of carbonyl (C=O) groups is 1. The van der Waals surface area contributed by atoms with Gasteiger partial charge >= 0.3 is 0 Å². The predicted octanol–water partition coefficient (Wildman–Crippen LogP) is 2.46. The van der Waals surface area contributed by atoms with Crippen molar-refractivity contribution in [2.45, 2.75) is 24.3 Å². The van der Waals surface area contributed by atoms with Crippen LogP contribution in [0.2, 0.25) is 0 Å². The van der Waals surface area contributed by atoms with Crippen molar-refractivity contribution in [1.82, 2.24) is 19.8 Å². The number of nitrogens with zero attached hydrogens (tertiary/aromatic N) is 3. The SMILES string of the molecule is COc1cccc(-c2noc(CNC(=O)[C@H]3CCCN(S(=O)(=O)c4ccccc4)C3)n2)c1. The minimum atomic E-state index is -3.63. The molecule has 168 valence electrons. The quantitative estimate of drug-likeness (QED) is 0.581. The fourth-order valence-electron chi connectivity index (χ4n) is 3.63. The van der Waals surface area contributed by atoms with Crippen LogP contribution in [0.4, 0.5) is 0 Å². The third-order valence-corrected chi connectivity index (χ3v) is 7.23. The Kier molecular flexibility index (Phi) is 6.52. The molecule has 0 spiro atoms. The number of aromatic nitrogens is 2. The molecule has 0 unspecified atom stereocenters. The van der Waals surface area contributed by atoms with E-state index in [-0.39, 0.29) is 29.8 Å². The van der Waals surface area contributed by atoms with Crippen molar-refractivity contribution in [2.24, 2.45) is 5.92 Å². The number of hydrogen-bond acceptors (Lipinski definition) is 7. The molecule has 1 aliphatic heterocycles. The summed E-state index contributed by atoms with van der Waals surface area (Å²) in [6.07, 6.45) is 1.23. The zero-order valence-electron chi connectivity index (χ0n) is 17.6. The van der Waals surface area contributed by atoms with E-state index in [1.807, 2.05) is 18.2 Å². The molecule has 2 heterocycles. The molecule has 1 amide bonds. The summed E-state index contributed by atoms with van der Waals surface area (Å²) < 4.78 is 37.6. The number of carbonyl (C=O) groups excluding carboxylic acids is 1. The zero-order chi connectivity index (χ0) is 22.6. The Morgan fingerprint density at radius 3 is 2.81 bits per heavy atom. The fourth-order valence-corrected chi connectivity index (χ4v) is 5.17. The van der Waals surface area contributed by atoms with Crippen molar-refractivity contribution < 1.29 is 22.5 Å². The topological polar surface area (TPSA) is 115 Å². The molecule has 9 nitrogen and oxygen atoms in total. The van der Waals surface area contributed by atoms with Crippen LogP contribution < -0.4 is 10.1 Å². The molecule has 1 fully saturated rings. The lowest BCUT2D eigenvalue weighted by Gasteiger charge is -2.31. The van der Waals surface area contributed by atoms with Gasteiger partial charge in [0.05, 0.1) is 24.5 Å². The second-order valence-electron chi connectivity index (χ2n) is 7.48. The highest BCUT2D eigenvalue weighted by atomic mass is 32.2. The number of benzene rings is 2. The highest BCUT2D eigenvalue weighted by molar-refractivity contribution is 7.89. The van der Waals surface area contributed by atoms with E-state index >= 15 is 0 Å². The number of nitrogens with one attached hydrogen (secondary N) is 1. The van der Waals surface area contributed by atoms with Crippen molar-refractivity contribution in [3.8, 4) is 17.1 Å². The molecule has 1 atom stereocenters. The van der Waals surface area contributed by atoms with E-state index in [9.17, 15) is 13.2 Å². The molecule has 1 N–H and O–H groups in total. The van der Waals surface area contributed by atoms with Crippen LogP contribution in [0.15, 0.2) is 64.0 Å². The first-order chi connectivity index (χ1) is 15.5. The average molecular weight is 457 g/mol. The van der Waals surface area contributed by atoms with Crippen LogP contribution in [0, 0.1) is 5.92 Å². The van der Waals surface area contributed by atoms with Crippen LogP contribution in [0.3, 0.4) is 0 Å². The van der Waals surface area contributed by atoms with Gasteiger partial charge in [0.1, 0.15) is 5.75 Å². The molecule has 0 saturated carbocycles. The second kappa shape index (κ2) is 9.49. The third kappa shape index (κ3) is 4.81. The number of ether oxygens (including phenoxy) is 1. The Labute approximate surface area is 186 Å². The van der Waals surface area contributed by atoms with Gasteiger partial charge in [-0.3, -0.25) is 4.79 Å². The smallest absolute Gasteiger partial charge is 0.246 e. The number of hydrogen-bond donors (Lipinski definition) is 1. The Bertz CT molecular complexity index is 1180. The molecule has 2 aromatic carbocycles. The Morgan fingerprint density at radius 1 is 1.22 bits per heavy atom. The van der Waals surface area contributed by atoms with E-state index in [2.05, 4.69) is 15.5 Å². The van der Waals surface area contributed by atoms with Gasteiger partial charge in [-0.05, 0) is 37.1 Å². The highest BCUT2D eigenvalue weighted by Crippen LogP contribution is 2.24. The summed E-state index contributed by atoms with van der Waals surface area (Å²) in [5, 5.41) is 6.74. The van der Waals surface area contributed by atoms with Gasteiger partial charge in [-0.15, -0.1) is 0 Å². The van der Waals surface area contributed by atoms with E-state index in [1.165, 1.54) is 4.31 Å². The number of piperidine rings is 1. The summed E-state index contributed by atoms with van der Waals surface area (Å²) in [5.74, 6) is 0.656. The molecule has 1 saturated heterocycles. The maximum atomic E-state index is 12.9. The minimum absolute atomic E-state index is 0.0672. The first-order valence-corrected chi connectivity index (χ1v) is 11.7. The first kappa shape index (κ1) is 22.0. The maximum Gasteiger partial charge on any atom is 0.246 e. The molecule has 10 heteroatoms. The van der Waals surface area contributed by atoms with Gasteiger partial charge in [0, 0.05) is 18.7 Å². The van der Waals surface area contributed by atoms with E-state index in [0.29, 0.717) is 31.0 Å². The van der Waals surface area contributed by atoms with Crippen molar-refractivity contribution in [2.75, 3.05) is 20.2 Å². The summed E-state index contributed by atoms with van der Waals surface area (Å²) in [6, 6.07) is 15.5. The number of amides is 1. The lowest BCUT2D eigenvalue weighted by Crippen LogP contribution is -2.45. The normalized spacial score (nSPS) is 17.1. The molecule has 3 aromatic rings. The van der Waals surface area contributed by atoms with Crippen molar-refractivity contribution in [3.05, 3.63) is 60.5 Å². The van der Waals surface area contributed by atoms with Gasteiger partial charge in [-0.25, -0.2) is 8.42 Å². The summed E-state index contributed by atoms with van der Waals surface area (Å²) in [6.45, 7) is 0.605. The van der Waals surface area contributed by atoms with E-state index < -0.39 is 15.9 Å². The zero-order valence-corrected chi connectivity index (χ0v) is 18.4. The van der Waals surface area contributed by atoms with E-state index in [0.717, 1.165) is 5.56 Å². The van der Waals surface area contributed by atoms with E-state index in [4.69, 9.17) is 9.26 Å². The Morgan fingerprint density at radius 2 is 2.03 bits per heavy atom. The molecule has 1 aliphatic rings. The van der Waals surface area contributed by atoms with Gasteiger partial charge in [-0.1, -0.05) is 35.5 Å². The van der Waals surface area contributed by atoms with Crippen LogP contribution in [-0.2, 0) is 21.4 Å². The number of methoxy groups -OCH3 is 1. The standard InChI is InChI=1S/C22H24N4O5S/c1-30-18-9-5-7-16(13-18)21-24-20(31-25-21)14-23-22(27)17-8-6-12-26(15-17)32(28,29)19-10-3-2-4-11-19/h2-5,7,9-11,13,17H,6,8,12,14-15H2,1H3,(H,23,27)/t17-/m0/s1. The lowest BCUT2D eigenvalue weighted by atomic mass is 9.99. The van der Waals surface area contributed by atoms with Crippen LogP contribution in [0.25, 0.3) is 11.4 Å². The predicted molar refractivity (Wildman–Crippen MR) is 116 cm³/mol. The molecule has 1 aromatic heterocycles. The van der Waals surface area contributed by atoms with Gasteiger partial charge < -0.3 is 14.6 Å². The maximum absolute atomic E-state index is 12.9. The van der Waals surface area contributed by atoms with Gasteiger partial charge in [0.15, 0.2) is 0 Å². The number of sulfonamides is 1. The first-order valence-electron chi connectivity index (χ1n) is 10.3. The molecule has 4 rings (SSSR count).